The minimum atomic E-state index is 0.712. The Hall–Kier alpha value is -0.630. The molecule has 1 aromatic rings. The average molecular weight is 209 g/mol. The van der Waals surface area contributed by atoms with Crippen LogP contribution in [0, 0.1) is 0 Å². The summed E-state index contributed by atoms with van der Waals surface area (Å²) in [6.07, 6.45) is 0. The van der Waals surface area contributed by atoms with Crippen LogP contribution >= 0.6 is 11.8 Å². The number of rotatable bonds is 5. The van der Waals surface area contributed by atoms with Gasteiger partial charge in [0.2, 0.25) is 0 Å². The molecular weight excluding hydrogens is 190 g/mol. The van der Waals surface area contributed by atoms with Crippen LogP contribution in [0.25, 0.3) is 0 Å². The highest BCUT2D eigenvalue weighted by atomic mass is 32.2. The molecule has 0 saturated carbocycles. The van der Waals surface area contributed by atoms with Crippen LogP contribution in [0.5, 0.6) is 0 Å². The molecule has 0 fully saturated rings. The second kappa shape index (κ2) is 5.97. The van der Waals surface area contributed by atoms with E-state index in [4.69, 9.17) is 0 Å². The SMILES string of the molecule is CCNc1ccc(CSC(C)C)cc1. The number of hydrogen-bond donors (Lipinski definition) is 1. The van der Waals surface area contributed by atoms with Crippen molar-refractivity contribution in [3.8, 4) is 0 Å². The van der Waals surface area contributed by atoms with Gasteiger partial charge in [0.15, 0.2) is 0 Å². The molecule has 1 aromatic carbocycles. The number of anilines is 1. The van der Waals surface area contributed by atoms with Crippen LogP contribution in [0.2, 0.25) is 0 Å². The van der Waals surface area contributed by atoms with E-state index in [0.717, 1.165) is 12.3 Å². The highest BCUT2D eigenvalue weighted by molar-refractivity contribution is 7.99. The summed E-state index contributed by atoms with van der Waals surface area (Å²) in [5.74, 6) is 1.12. The lowest BCUT2D eigenvalue weighted by Gasteiger charge is -2.06. The topological polar surface area (TPSA) is 12.0 Å². The molecule has 1 nitrogen and oxygen atoms in total. The molecule has 0 aromatic heterocycles. The van der Waals surface area contributed by atoms with Crippen molar-refractivity contribution in [2.45, 2.75) is 31.8 Å². The molecule has 0 bridgehead atoms. The van der Waals surface area contributed by atoms with E-state index in [0.29, 0.717) is 5.25 Å². The average Bonchev–Trinajstić information content (AvgIpc) is 2.17. The number of benzene rings is 1. The summed E-state index contributed by atoms with van der Waals surface area (Å²) in [7, 11) is 0. The Morgan fingerprint density at radius 1 is 1.21 bits per heavy atom. The molecule has 0 unspecified atom stereocenters. The lowest BCUT2D eigenvalue weighted by molar-refractivity contribution is 1.11. The molecule has 0 amide bonds. The van der Waals surface area contributed by atoms with Gasteiger partial charge >= 0.3 is 0 Å². The van der Waals surface area contributed by atoms with Gasteiger partial charge in [0.1, 0.15) is 0 Å². The largest absolute Gasteiger partial charge is 0.385 e. The highest BCUT2D eigenvalue weighted by Gasteiger charge is 1.97. The molecule has 0 heterocycles. The second-order valence-corrected chi connectivity index (χ2v) is 5.15. The van der Waals surface area contributed by atoms with Crippen LogP contribution in [0.3, 0.4) is 0 Å². The van der Waals surface area contributed by atoms with Gasteiger partial charge in [-0.3, -0.25) is 0 Å². The van der Waals surface area contributed by atoms with E-state index in [-0.39, 0.29) is 0 Å². The third-order valence-corrected chi connectivity index (χ3v) is 3.08. The fourth-order valence-electron chi connectivity index (χ4n) is 1.19. The molecule has 0 radical (unpaired) electrons. The summed E-state index contributed by atoms with van der Waals surface area (Å²) in [6.45, 7) is 7.57. The molecule has 0 spiro atoms. The monoisotopic (exact) mass is 209 g/mol. The van der Waals surface area contributed by atoms with Gasteiger partial charge in [-0.1, -0.05) is 26.0 Å². The van der Waals surface area contributed by atoms with Gasteiger partial charge in [0.05, 0.1) is 0 Å². The lowest BCUT2D eigenvalue weighted by Crippen LogP contribution is -1.96. The summed E-state index contributed by atoms with van der Waals surface area (Å²) >= 11 is 1.98. The summed E-state index contributed by atoms with van der Waals surface area (Å²) in [5, 5.41) is 4.00. The Bertz CT molecular complexity index is 254. The van der Waals surface area contributed by atoms with Crippen molar-refractivity contribution in [1.82, 2.24) is 0 Å². The van der Waals surface area contributed by atoms with Crippen LogP contribution in [-0.2, 0) is 5.75 Å². The Kier molecular flexibility index (Phi) is 4.88. The van der Waals surface area contributed by atoms with Gasteiger partial charge in [-0.05, 0) is 29.9 Å². The maximum atomic E-state index is 3.29. The molecule has 1 N–H and O–H groups in total. The Morgan fingerprint density at radius 2 is 1.86 bits per heavy atom. The molecular formula is C12H19NS. The molecule has 1 rings (SSSR count). The molecule has 14 heavy (non-hydrogen) atoms. The van der Waals surface area contributed by atoms with E-state index in [2.05, 4.69) is 50.4 Å². The standard InChI is InChI=1S/C12H19NS/c1-4-13-12-7-5-11(6-8-12)9-14-10(2)3/h5-8,10,13H,4,9H2,1-3H3. The van der Waals surface area contributed by atoms with Crippen molar-refractivity contribution in [3.63, 3.8) is 0 Å². The molecule has 78 valence electrons. The van der Waals surface area contributed by atoms with Crippen LogP contribution < -0.4 is 5.32 Å². The molecule has 0 aliphatic rings. The first-order valence-corrected chi connectivity index (χ1v) is 6.21. The van der Waals surface area contributed by atoms with E-state index in [1.165, 1.54) is 11.3 Å². The Morgan fingerprint density at radius 3 is 2.36 bits per heavy atom. The van der Waals surface area contributed by atoms with Crippen molar-refractivity contribution in [2.75, 3.05) is 11.9 Å². The van der Waals surface area contributed by atoms with Crippen LogP contribution in [0.1, 0.15) is 26.3 Å². The fourth-order valence-corrected chi connectivity index (χ4v) is 1.90. The van der Waals surface area contributed by atoms with Crippen molar-refractivity contribution in [3.05, 3.63) is 29.8 Å². The quantitative estimate of drug-likeness (QED) is 0.792. The minimum Gasteiger partial charge on any atom is -0.385 e. The van der Waals surface area contributed by atoms with Crippen LogP contribution in [0.15, 0.2) is 24.3 Å². The first kappa shape index (κ1) is 11.4. The van der Waals surface area contributed by atoms with E-state index >= 15 is 0 Å². The van der Waals surface area contributed by atoms with Gasteiger partial charge in [0, 0.05) is 18.0 Å². The van der Waals surface area contributed by atoms with Crippen LogP contribution in [0.4, 0.5) is 5.69 Å². The number of nitrogens with one attached hydrogen (secondary N) is 1. The van der Waals surface area contributed by atoms with Gasteiger partial charge in [-0.25, -0.2) is 0 Å². The zero-order valence-corrected chi connectivity index (χ0v) is 10.0. The smallest absolute Gasteiger partial charge is 0.0340 e. The summed E-state index contributed by atoms with van der Waals surface area (Å²) in [4.78, 5) is 0. The maximum Gasteiger partial charge on any atom is 0.0340 e. The van der Waals surface area contributed by atoms with Crippen LogP contribution in [-0.4, -0.2) is 11.8 Å². The number of thioether (sulfide) groups is 1. The predicted molar refractivity (Wildman–Crippen MR) is 67.0 cm³/mol. The van der Waals surface area contributed by atoms with E-state index < -0.39 is 0 Å². The van der Waals surface area contributed by atoms with Crippen molar-refractivity contribution in [2.24, 2.45) is 0 Å². The predicted octanol–water partition coefficient (Wildman–Crippen LogP) is 3.76. The Balaban J connectivity index is 2.46. The van der Waals surface area contributed by atoms with Crippen molar-refractivity contribution in [1.29, 1.82) is 0 Å². The zero-order valence-electron chi connectivity index (χ0n) is 9.21. The molecule has 0 aliphatic carbocycles. The van der Waals surface area contributed by atoms with E-state index in [1.54, 1.807) is 0 Å². The summed E-state index contributed by atoms with van der Waals surface area (Å²) in [5.41, 5.74) is 2.62. The van der Waals surface area contributed by atoms with E-state index in [9.17, 15) is 0 Å². The molecule has 0 aliphatic heterocycles. The first-order valence-electron chi connectivity index (χ1n) is 5.16. The van der Waals surface area contributed by atoms with E-state index in [1.807, 2.05) is 11.8 Å². The summed E-state index contributed by atoms with van der Waals surface area (Å²) in [6, 6.07) is 8.71. The van der Waals surface area contributed by atoms with Crippen molar-refractivity contribution >= 4 is 17.4 Å². The lowest BCUT2D eigenvalue weighted by atomic mass is 10.2. The fraction of sp³-hybridized carbons (Fsp3) is 0.500. The maximum absolute atomic E-state index is 3.29. The second-order valence-electron chi connectivity index (χ2n) is 3.59. The molecule has 0 atom stereocenters. The van der Waals surface area contributed by atoms with Crippen molar-refractivity contribution < 1.29 is 0 Å². The van der Waals surface area contributed by atoms with Gasteiger partial charge < -0.3 is 5.32 Å². The Labute approximate surface area is 91.3 Å². The third kappa shape index (κ3) is 4.05. The molecule has 0 saturated heterocycles. The van der Waals surface area contributed by atoms with Gasteiger partial charge in [-0.2, -0.15) is 11.8 Å². The zero-order chi connectivity index (χ0) is 10.4. The first-order chi connectivity index (χ1) is 6.72. The summed E-state index contributed by atoms with van der Waals surface area (Å²) < 4.78 is 0. The third-order valence-electron chi connectivity index (χ3n) is 1.92. The van der Waals surface area contributed by atoms with Gasteiger partial charge in [-0.15, -0.1) is 0 Å². The normalized spacial score (nSPS) is 10.6. The van der Waals surface area contributed by atoms with Gasteiger partial charge in [0.25, 0.3) is 0 Å². The molecule has 2 heteroatoms. The minimum absolute atomic E-state index is 0.712. The highest BCUT2D eigenvalue weighted by Crippen LogP contribution is 2.18. The number of hydrogen-bond acceptors (Lipinski definition) is 2.